The summed E-state index contributed by atoms with van der Waals surface area (Å²) < 4.78 is 1.07. The molecule has 0 aliphatic rings. The van der Waals surface area contributed by atoms with Crippen LogP contribution in [0.1, 0.15) is 18.9 Å². The van der Waals surface area contributed by atoms with Crippen molar-refractivity contribution in [2.24, 2.45) is 0 Å². The number of nitrogens with one attached hydrogen (secondary N) is 3. The van der Waals surface area contributed by atoms with Gasteiger partial charge in [0.25, 0.3) is 0 Å². The van der Waals surface area contributed by atoms with Gasteiger partial charge in [0.2, 0.25) is 0 Å². The lowest BCUT2D eigenvalue weighted by molar-refractivity contribution is 0.675. The summed E-state index contributed by atoms with van der Waals surface area (Å²) in [5.74, 6) is 0. The van der Waals surface area contributed by atoms with Crippen molar-refractivity contribution < 1.29 is 0 Å². The Kier molecular flexibility index (Phi) is 3.78. The monoisotopic (exact) mass is 248 g/mol. The van der Waals surface area contributed by atoms with Gasteiger partial charge in [-0.25, -0.2) is 24.4 Å². The van der Waals surface area contributed by atoms with E-state index in [0.29, 0.717) is 5.69 Å². The van der Waals surface area contributed by atoms with E-state index in [0.717, 1.165) is 29.6 Å². The van der Waals surface area contributed by atoms with Crippen molar-refractivity contribution in [3.63, 3.8) is 0 Å². The summed E-state index contributed by atoms with van der Waals surface area (Å²) in [4.78, 5) is 22.9. The van der Waals surface area contributed by atoms with Crippen LogP contribution >= 0.6 is 0 Å². The number of aromatic nitrogens is 3. The molecule has 0 saturated carbocycles. The number of benzene rings is 1. The second-order valence-electron chi connectivity index (χ2n) is 4.04. The fourth-order valence-electron chi connectivity index (χ4n) is 1.76. The Hall–Kier alpha value is -2.08. The Morgan fingerprint density at radius 1 is 1.22 bits per heavy atom. The summed E-state index contributed by atoms with van der Waals surface area (Å²) in [5, 5.41) is 7.79. The van der Waals surface area contributed by atoms with Gasteiger partial charge < -0.3 is 5.32 Å². The zero-order valence-corrected chi connectivity index (χ0v) is 10.2. The van der Waals surface area contributed by atoms with Crippen LogP contribution in [0.5, 0.6) is 0 Å². The van der Waals surface area contributed by atoms with E-state index in [-0.39, 0.29) is 0 Å². The number of H-pyrrole nitrogens is 2. The second-order valence-corrected chi connectivity index (χ2v) is 4.04. The number of nitrogens with zero attached hydrogens (tertiary/aromatic N) is 1. The van der Waals surface area contributed by atoms with E-state index in [1.807, 2.05) is 18.2 Å². The highest BCUT2D eigenvalue weighted by atomic mass is 16.2. The first-order valence-electron chi connectivity index (χ1n) is 5.92. The van der Waals surface area contributed by atoms with E-state index < -0.39 is 11.4 Å². The zero-order valence-electron chi connectivity index (χ0n) is 10.2. The summed E-state index contributed by atoms with van der Waals surface area (Å²) in [6, 6.07) is 7.34. The second kappa shape index (κ2) is 5.50. The highest BCUT2D eigenvalue weighted by molar-refractivity contribution is 5.35. The summed E-state index contributed by atoms with van der Waals surface area (Å²) in [7, 11) is 0. The molecule has 0 bridgehead atoms. The maximum Gasteiger partial charge on any atom is 0.348 e. The van der Waals surface area contributed by atoms with Crippen molar-refractivity contribution in [3.8, 4) is 5.69 Å². The van der Waals surface area contributed by atoms with E-state index in [9.17, 15) is 9.59 Å². The van der Waals surface area contributed by atoms with E-state index in [1.165, 1.54) is 0 Å². The van der Waals surface area contributed by atoms with Crippen LogP contribution in [0.2, 0.25) is 0 Å². The minimum atomic E-state index is -0.460. The number of hydrogen-bond acceptors (Lipinski definition) is 3. The van der Waals surface area contributed by atoms with Crippen molar-refractivity contribution in [1.29, 1.82) is 0 Å². The van der Waals surface area contributed by atoms with Gasteiger partial charge in [0, 0.05) is 6.54 Å². The van der Waals surface area contributed by atoms with Gasteiger partial charge in [0.1, 0.15) is 0 Å². The maximum absolute atomic E-state index is 11.5. The topological polar surface area (TPSA) is 82.7 Å². The summed E-state index contributed by atoms with van der Waals surface area (Å²) in [5.41, 5.74) is 0.684. The third kappa shape index (κ3) is 2.60. The SMILES string of the molecule is CCCNCc1cccc(-n2c(=O)[nH][nH]c2=O)c1. The van der Waals surface area contributed by atoms with Gasteiger partial charge in [0.15, 0.2) is 0 Å². The van der Waals surface area contributed by atoms with Crippen LogP contribution in [0, 0.1) is 0 Å². The normalized spacial score (nSPS) is 10.7. The first-order valence-corrected chi connectivity index (χ1v) is 5.92. The van der Waals surface area contributed by atoms with Crippen molar-refractivity contribution in [2.75, 3.05) is 6.54 Å². The number of rotatable bonds is 5. The third-order valence-corrected chi connectivity index (χ3v) is 2.61. The minimum Gasteiger partial charge on any atom is -0.313 e. The smallest absolute Gasteiger partial charge is 0.313 e. The molecule has 1 aromatic heterocycles. The maximum atomic E-state index is 11.5. The van der Waals surface area contributed by atoms with Crippen LogP contribution in [0.15, 0.2) is 33.9 Å². The van der Waals surface area contributed by atoms with E-state index in [4.69, 9.17) is 0 Å². The fraction of sp³-hybridized carbons (Fsp3) is 0.333. The zero-order chi connectivity index (χ0) is 13.0. The summed E-state index contributed by atoms with van der Waals surface area (Å²) >= 11 is 0. The molecule has 2 aromatic rings. The molecule has 18 heavy (non-hydrogen) atoms. The molecule has 0 aliphatic carbocycles. The molecule has 0 saturated heterocycles. The molecule has 0 radical (unpaired) electrons. The molecule has 0 amide bonds. The number of hydrogen-bond donors (Lipinski definition) is 3. The fourth-order valence-corrected chi connectivity index (χ4v) is 1.76. The highest BCUT2D eigenvalue weighted by Gasteiger charge is 2.05. The van der Waals surface area contributed by atoms with E-state index >= 15 is 0 Å². The molecule has 0 spiro atoms. The molecular formula is C12H16N4O2. The van der Waals surface area contributed by atoms with Gasteiger partial charge in [-0.15, -0.1) is 0 Å². The van der Waals surface area contributed by atoms with Crippen LogP contribution in [-0.2, 0) is 6.54 Å². The van der Waals surface area contributed by atoms with Crippen LogP contribution in [0.4, 0.5) is 0 Å². The Labute approximate surface area is 104 Å². The van der Waals surface area contributed by atoms with E-state index in [2.05, 4.69) is 22.4 Å². The molecular weight excluding hydrogens is 232 g/mol. The lowest BCUT2D eigenvalue weighted by Crippen LogP contribution is -2.24. The molecule has 1 aromatic carbocycles. The van der Waals surface area contributed by atoms with Gasteiger partial charge in [-0.3, -0.25) is 0 Å². The summed E-state index contributed by atoms with van der Waals surface area (Å²) in [6.45, 7) is 3.76. The average Bonchev–Trinajstić information content (AvgIpc) is 2.70. The van der Waals surface area contributed by atoms with Crippen molar-refractivity contribution in [1.82, 2.24) is 20.1 Å². The molecule has 3 N–H and O–H groups in total. The molecule has 1 heterocycles. The lowest BCUT2D eigenvalue weighted by atomic mass is 10.2. The molecule has 2 rings (SSSR count). The van der Waals surface area contributed by atoms with Crippen LogP contribution in [0.25, 0.3) is 5.69 Å². The molecule has 0 aliphatic heterocycles. The average molecular weight is 248 g/mol. The largest absolute Gasteiger partial charge is 0.348 e. The third-order valence-electron chi connectivity index (χ3n) is 2.61. The van der Waals surface area contributed by atoms with Gasteiger partial charge in [-0.1, -0.05) is 19.1 Å². The predicted octanol–water partition coefficient (Wildman–Crippen LogP) is 0.353. The molecule has 6 heteroatoms. The minimum absolute atomic E-state index is 0.460. The predicted molar refractivity (Wildman–Crippen MR) is 69.0 cm³/mol. The van der Waals surface area contributed by atoms with Gasteiger partial charge in [-0.05, 0) is 30.7 Å². The van der Waals surface area contributed by atoms with Crippen LogP contribution < -0.4 is 16.7 Å². The highest BCUT2D eigenvalue weighted by Crippen LogP contribution is 2.06. The standard InChI is InChI=1S/C12H16N4O2/c1-2-6-13-8-9-4-3-5-10(7-9)16-11(17)14-15-12(16)18/h3-5,7,13H,2,6,8H2,1H3,(H,14,17)(H,15,18). The molecule has 6 nitrogen and oxygen atoms in total. The Morgan fingerprint density at radius 2 is 1.94 bits per heavy atom. The van der Waals surface area contributed by atoms with Crippen LogP contribution in [-0.4, -0.2) is 21.3 Å². The van der Waals surface area contributed by atoms with E-state index in [1.54, 1.807) is 6.07 Å². The molecule has 0 unspecified atom stereocenters. The van der Waals surface area contributed by atoms with Gasteiger partial charge >= 0.3 is 11.4 Å². The number of aromatic amines is 2. The molecule has 96 valence electrons. The quantitative estimate of drug-likeness (QED) is 0.668. The molecule has 0 fully saturated rings. The first-order chi connectivity index (χ1) is 8.72. The molecule has 0 atom stereocenters. The van der Waals surface area contributed by atoms with Gasteiger partial charge in [0.05, 0.1) is 5.69 Å². The Balaban J connectivity index is 2.27. The summed E-state index contributed by atoms with van der Waals surface area (Å²) in [6.07, 6.45) is 1.07. The first kappa shape index (κ1) is 12.4. The van der Waals surface area contributed by atoms with Crippen molar-refractivity contribution in [2.45, 2.75) is 19.9 Å². The van der Waals surface area contributed by atoms with Crippen molar-refractivity contribution >= 4 is 0 Å². The Bertz CT molecular complexity index is 596. The van der Waals surface area contributed by atoms with Crippen molar-refractivity contribution in [3.05, 3.63) is 50.8 Å². The lowest BCUT2D eigenvalue weighted by Gasteiger charge is -2.05. The van der Waals surface area contributed by atoms with Crippen LogP contribution in [0.3, 0.4) is 0 Å². The van der Waals surface area contributed by atoms with Gasteiger partial charge in [-0.2, -0.15) is 0 Å². The Morgan fingerprint density at radius 3 is 2.61 bits per heavy atom.